The number of hydrogen-bond acceptors (Lipinski definition) is 3. The van der Waals surface area contributed by atoms with Gasteiger partial charge in [-0.1, -0.05) is 0 Å². The molecule has 1 atom stereocenters. The van der Waals surface area contributed by atoms with Gasteiger partial charge in [-0.2, -0.15) is 0 Å². The Morgan fingerprint density at radius 2 is 2.09 bits per heavy atom. The first-order valence-electron chi connectivity index (χ1n) is 3.64. The van der Waals surface area contributed by atoms with Crippen molar-refractivity contribution in [1.29, 1.82) is 0 Å². The summed E-state index contributed by atoms with van der Waals surface area (Å²) in [6.07, 6.45) is -0.921. The van der Waals surface area contributed by atoms with Crippen LogP contribution in [0.15, 0.2) is 0 Å². The molecular formula is C7H15NO3. The first kappa shape index (κ1) is 10.2. The maximum atomic E-state index is 10.8. The van der Waals surface area contributed by atoms with Crippen LogP contribution in [0.4, 0.5) is 4.79 Å². The highest BCUT2D eigenvalue weighted by Gasteiger charge is 2.07. The summed E-state index contributed by atoms with van der Waals surface area (Å²) in [5.74, 6) is 0. The third kappa shape index (κ3) is 5.66. The van der Waals surface area contributed by atoms with E-state index in [9.17, 15) is 4.79 Å². The van der Waals surface area contributed by atoms with E-state index in [0.717, 1.165) is 0 Å². The van der Waals surface area contributed by atoms with Gasteiger partial charge in [-0.05, 0) is 20.8 Å². The van der Waals surface area contributed by atoms with Crippen molar-refractivity contribution in [2.45, 2.75) is 32.9 Å². The summed E-state index contributed by atoms with van der Waals surface area (Å²) in [4.78, 5) is 10.8. The zero-order valence-corrected chi connectivity index (χ0v) is 7.13. The zero-order valence-electron chi connectivity index (χ0n) is 7.13. The van der Waals surface area contributed by atoms with Gasteiger partial charge in [0.2, 0.25) is 0 Å². The molecule has 0 radical (unpaired) electrons. The van der Waals surface area contributed by atoms with Crippen LogP contribution < -0.4 is 5.32 Å². The molecule has 0 heterocycles. The highest BCUT2D eigenvalue weighted by Crippen LogP contribution is 1.90. The molecule has 0 aromatic carbocycles. The number of rotatable bonds is 3. The summed E-state index contributed by atoms with van der Waals surface area (Å²) >= 11 is 0. The van der Waals surface area contributed by atoms with E-state index in [-0.39, 0.29) is 12.6 Å². The molecule has 66 valence electrons. The van der Waals surface area contributed by atoms with E-state index < -0.39 is 12.2 Å². The fraction of sp³-hybridized carbons (Fsp3) is 0.857. The molecule has 0 saturated heterocycles. The quantitative estimate of drug-likeness (QED) is 0.633. The number of nitrogens with one attached hydrogen (secondary N) is 1. The number of hydrogen-bond donors (Lipinski definition) is 2. The first-order chi connectivity index (χ1) is 5.06. The number of aliphatic hydroxyl groups excluding tert-OH is 1. The molecule has 0 aliphatic heterocycles. The second-order valence-electron chi connectivity index (χ2n) is 2.70. The molecule has 0 aromatic heterocycles. The molecule has 0 bridgehead atoms. The van der Waals surface area contributed by atoms with Crippen LogP contribution in [0, 0.1) is 0 Å². The van der Waals surface area contributed by atoms with Crippen LogP contribution in [0.1, 0.15) is 20.8 Å². The van der Waals surface area contributed by atoms with Crippen molar-refractivity contribution < 1.29 is 14.6 Å². The maximum Gasteiger partial charge on any atom is 0.407 e. The highest BCUT2D eigenvalue weighted by atomic mass is 16.6. The Labute approximate surface area is 66.5 Å². The standard InChI is InChI=1S/C7H15NO3/c1-5(2)8-7(10)11-6(3)4-9/h5-6,9H,4H2,1-3H3,(H,8,10). The van der Waals surface area contributed by atoms with Crippen LogP contribution in [0.3, 0.4) is 0 Å². The smallest absolute Gasteiger partial charge is 0.407 e. The largest absolute Gasteiger partial charge is 0.444 e. The van der Waals surface area contributed by atoms with Crippen molar-refractivity contribution in [3.8, 4) is 0 Å². The summed E-state index contributed by atoms with van der Waals surface area (Å²) in [5, 5.41) is 11.0. The van der Waals surface area contributed by atoms with E-state index in [1.54, 1.807) is 6.92 Å². The number of amides is 1. The van der Waals surface area contributed by atoms with Crippen LogP contribution in [0.25, 0.3) is 0 Å². The molecule has 1 amide bonds. The lowest BCUT2D eigenvalue weighted by Gasteiger charge is -2.12. The molecule has 0 fully saturated rings. The monoisotopic (exact) mass is 161 g/mol. The third-order valence-corrected chi connectivity index (χ3v) is 0.972. The Bertz CT molecular complexity index is 125. The van der Waals surface area contributed by atoms with Crippen molar-refractivity contribution in [2.75, 3.05) is 6.61 Å². The Hall–Kier alpha value is -0.770. The van der Waals surface area contributed by atoms with Crippen LogP contribution in [0.2, 0.25) is 0 Å². The van der Waals surface area contributed by atoms with Gasteiger partial charge in [0, 0.05) is 6.04 Å². The molecule has 1 unspecified atom stereocenters. The van der Waals surface area contributed by atoms with Crippen molar-refractivity contribution in [3.05, 3.63) is 0 Å². The number of ether oxygens (including phenoxy) is 1. The Kier molecular flexibility index (Phi) is 4.61. The predicted molar refractivity (Wildman–Crippen MR) is 41.3 cm³/mol. The minimum absolute atomic E-state index is 0.0633. The fourth-order valence-corrected chi connectivity index (χ4v) is 0.490. The minimum Gasteiger partial charge on any atom is -0.444 e. The first-order valence-corrected chi connectivity index (χ1v) is 3.64. The Morgan fingerprint density at radius 1 is 1.55 bits per heavy atom. The molecule has 0 aliphatic rings. The zero-order chi connectivity index (χ0) is 8.85. The lowest BCUT2D eigenvalue weighted by molar-refractivity contribution is 0.0667. The molecule has 0 aliphatic carbocycles. The van der Waals surface area contributed by atoms with Crippen molar-refractivity contribution in [1.82, 2.24) is 5.32 Å². The average Bonchev–Trinajstić information content (AvgIpc) is 1.85. The van der Waals surface area contributed by atoms with Crippen molar-refractivity contribution in [3.63, 3.8) is 0 Å². The molecular weight excluding hydrogens is 146 g/mol. The summed E-state index contributed by atoms with van der Waals surface area (Å²) in [6, 6.07) is 0.0633. The number of carbonyl (C=O) groups excluding carboxylic acids is 1. The Balaban J connectivity index is 3.52. The lowest BCUT2D eigenvalue weighted by atomic mass is 10.4. The van der Waals surface area contributed by atoms with Gasteiger partial charge in [-0.15, -0.1) is 0 Å². The minimum atomic E-state index is -0.485. The van der Waals surface area contributed by atoms with E-state index in [1.165, 1.54) is 0 Å². The molecule has 2 N–H and O–H groups in total. The normalized spacial score (nSPS) is 12.8. The second-order valence-corrected chi connectivity index (χ2v) is 2.70. The molecule has 4 nitrogen and oxygen atoms in total. The summed E-state index contributed by atoms with van der Waals surface area (Å²) in [7, 11) is 0. The van der Waals surface area contributed by atoms with Gasteiger partial charge in [-0.25, -0.2) is 4.79 Å². The van der Waals surface area contributed by atoms with E-state index in [1.807, 2.05) is 13.8 Å². The van der Waals surface area contributed by atoms with E-state index in [2.05, 4.69) is 5.32 Å². The van der Waals surface area contributed by atoms with Gasteiger partial charge in [0.05, 0.1) is 6.61 Å². The van der Waals surface area contributed by atoms with Crippen LogP contribution in [-0.4, -0.2) is 30.0 Å². The topological polar surface area (TPSA) is 58.6 Å². The van der Waals surface area contributed by atoms with Gasteiger partial charge < -0.3 is 15.2 Å². The van der Waals surface area contributed by atoms with Crippen LogP contribution in [0.5, 0.6) is 0 Å². The van der Waals surface area contributed by atoms with Gasteiger partial charge in [0.1, 0.15) is 6.10 Å². The SMILES string of the molecule is CC(C)NC(=O)OC(C)CO. The average molecular weight is 161 g/mol. The van der Waals surface area contributed by atoms with Gasteiger partial charge in [-0.3, -0.25) is 0 Å². The third-order valence-electron chi connectivity index (χ3n) is 0.972. The molecule has 11 heavy (non-hydrogen) atoms. The number of alkyl carbamates (subject to hydrolysis) is 1. The highest BCUT2D eigenvalue weighted by molar-refractivity contribution is 5.67. The van der Waals surface area contributed by atoms with Crippen molar-refractivity contribution in [2.24, 2.45) is 0 Å². The summed E-state index contributed by atoms with van der Waals surface area (Å²) in [6.45, 7) is 5.15. The van der Waals surface area contributed by atoms with Gasteiger partial charge in [0.15, 0.2) is 0 Å². The van der Waals surface area contributed by atoms with Gasteiger partial charge >= 0.3 is 6.09 Å². The second kappa shape index (κ2) is 4.96. The predicted octanol–water partition coefficient (Wildman–Crippen LogP) is 0.502. The Morgan fingerprint density at radius 3 is 2.45 bits per heavy atom. The fourth-order valence-electron chi connectivity index (χ4n) is 0.490. The summed E-state index contributed by atoms with van der Waals surface area (Å²) < 4.78 is 4.71. The molecule has 0 spiro atoms. The lowest BCUT2D eigenvalue weighted by Crippen LogP contribution is -2.33. The van der Waals surface area contributed by atoms with Crippen LogP contribution in [-0.2, 0) is 4.74 Å². The van der Waals surface area contributed by atoms with E-state index >= 15 is 0 Å². The van der Waals surface area contributed by atoms with Crippen molar-refractivity contribution >= 4 is 6.09 Å². The molecule has 0 rings (SSSR count). The molecule has 4 heteroatoms. The summed E-state index contributed by atoms with van der Waals surface area (Å²) in [5.41, 5.74) is 0. The maximum absolute atomic E-state index is 10.8. The molecule has 0 saturated carbocycles. The van der Waals surface area contributed by atoms with Crippen LogP contribution >= 0.6 is 0 Å². The number of carbonyl (C=O) groups is 1. The van der Waals surface area contributed by atoms with Gasteiger partial charge in [0.25, 0.3) is 0 Å². The van der Waals surface area contributed by atoms with E-state index in [4.69, 9.17) is 9.84 Å². The number of aliphatic hydroxyl groups is 1. The molecule has 0 aromatic rings. The van der Waals surface area contributed by atoms with E-state index in [0.29, 0.717) is 0 Å².